The molecule has 0 unspecified atom stereocenters. The highest BCUT2D eigenvalue weighted by molar-refractivity contribution is 6.10. The van der Waals surface area contributed by atoms with Crippen LogP contribution >= 0.6 is 0 Å². The maximum absolute atomic E-state index is 8.95. The normalized spacial score (nSPS) is 13.9. The molecule has 0 radical (unpaired) electrons. The monoisotopic (exact) mass is 656 g/mol. The molecule has 1 aliphatic carbocycles. The van der Waals surface area contributed by atoms with E-state index in [4.69, 9.17) is 4.11 Å². The van der Waals surface area contributed by atoms with Gasteiger partial charge in [-0.05, 0) is 98.2 Å². The molecule has 51 heavy (non-hydrogen) atoms. The van der Waals surface area contributed by atoms with E-state index >= 15 is 0 Å². The lowest BCUT2D eigenvalue weighted by atomic mass is 9.81. The van der Waals surface area contributed by atoms with E-state index in [1.807, 2.05) is 48.5 Å². The third kappa shape index (κ3) is 5.16. The van der Waals surface area contributed by atoms with Crippen LogP contribution in [0.4, 0.5) is 17.1 Å². The summed E-state index contributed by atoms with van der Waals surface area (Å²) in [5, 5.41) is 2.17. The number of rotatable bonds is 6. The molecule has 0 aromatic heterocycles. The Balaban J connectivity index is 1.33. The van der Waals surface area contributed by atoms with Crippen molar-refractivity contribution in [2.75, 3.05) is 4.90 Å². The fourth-order valence-electron chi connectivity index (χ4n) is 8.04. The van der Waals surface area contributed by atoms with Crippen LogP contribution in [0.1, 0.15) is 34.7 Å². The largest absolute Gasteiger partial charge is 0.309 e. The van der Waals surface area contributed by atoms with Crippen molar-refractivity contribution in [3.63, 3.8) is 0 Å². The average Bonchev–Trinajstić information content (AvgIpc) is 3.44. The van der Waals surface area contributed by atoms with Crippen LogP contribution in [-0.2, 0) is 5.41 Å². The molecule has 0 amide bonds. The third-order valence-electron chi connectivity index (χ3n) is 10.6. The van der Waals surface area contributed by atoms with E-state index in [-0.39, 0.29) is 5.41 Å². The van der Waals surface area contributed by atoms with E-state index < -0.39 is 6.85 Å². The molecule has 0 spiro atoms. The summed E-state index contributed by atoms with van der Waals surface area (Å²) in [5.74, 6) is 0. The Hall–Kier alpha value is -6.18. The van der Waals surface area contributed by atoms with Gasteiger partial charge in [0.15, 0.2) is 0 Å². The van der Waals surface area contributed by atoms with Crippen molar-refractivity contribution in [3.8, 4) is 44.5 Å². The zero-order chi connectivity index (χ0) is 37.0. The van der Waals surface area contributed by atoms with E-state index in [0.29, 0.717) is 11.3 Å². The summed E-state index contributed by atoms with van der Waals surface area (Å²) in [6.07, 6.45) is 0. The lowest BCUT2D eigenvalue weighted by Crippen LogP contribution is -2.17. The van der Waals surface area contributed by atoms with Crippen LogP contribution in [0.25, 0.3) is 55.3 Å². The SMILES string of the molecule is [2H]C([2H])([2H])c1cc(-c2ccccc2)ccc1N(c1ccc(-c2ccccc2-c2ccccc2)cc1)c1c2c(cc3ccccc13)C(C)(C)c1ccccc1-2. The van der Waals surface area contributed by atoms with Gasteiger partial charge in [0.05, 0.1) is 5.69 Å². The molecule has 0 bridgehead atoms. The Kier molecular flexibility index (Phi) is 6.66. The predicted octanol–water partition coefficient (Wildman–Crippen LogP) is 13.9. The van der Waals surface area contributed by atoms with Crippen LogP contribution in [0.5, 0.6) is 0 Å². The smallest absolute Gasteiger partial charge is 0.0621 e. The minimum Gasteiger partial charge on any atom is -0.309 e. The van der Waals surface area contributed by atoms with E-state index in [1.165, 1.54) is 16.7 Å². The zero-order valence-corrected chi connectivity index (χ0v) is 28.8. The van der Waals surface area contributed by atoms with Crippen molar-refractivity contribution < 1.29 is 4.11 Å². The van der Waals surface area contributed by atoms with Gasteiger partial charge in [-0.15, -0.1) is 0 Å². The molecule has 0 heterocycles. The van der Waals surface area contributed by atoms with Gasteiger partial charge in [-0.3, -0.25) is 0 Å². The van der Waals surface area contributed by atoms with Gasteiger partial charge in [0, 0.05) is 31.9 Å². The summed E-state index contributed by atoms with van der Waals surface area (Å²) in [6, 6.07) is 63.0. The molecule has 0 atom stereocenters. The van der Waals surface area contributed by atoms with Gasteiger partial charge in [0.2, 0.25) is 0 Å². The fraction of sp³-hybridized carbons (Fsp3) is 0.0800. The summed E-state index contributed by atoms with van der Waals surface area (Å²) in [4.78, 5) is 2.21. The number of hydrogen-bond acceptors (Lipinski definition) is 1. The fourth-order valence-corrected chi connectivity index (χ4v) is 8.04. The molecule has 0 aliphatic heterocycles. The van der Waals surface area contributed by atoms with Crippen LogP contribution in [0.3, 0.4) is 0 Å². The van der Waals surface area contributed by atoms with Crippen molar-refractivity contribution in [2.45, 2.75) is 26.1 Å². The quantitative estimate of drug-likeness (QED) is 0.172. The molecule has 0 saturated heterocycles. The molecule has 0 fully saturated rings. The van der Waals surface area contributed by atoms with E-state index in [1.54, 1.807) is 0 Å². The van der Waals surface area contributed by atoms with Gasteiger partial charge in [0.1, 0.15) is 0 Å². The lowest BCUT2D eigenvalue weighted by molar-refractivity contribution is 0.661. The highest BCUT2D eigenvalue weighted by Gasteiger charge is 2.39. The van der Waals surface area contributed by atoms with E-state index in [0.717, 1.165) is 61.1 Å². The van der Waals surface area contributed by atoms with Crippen LogP contribution in [-0.4, -0.2) is 0 Å². The number of fused-ring (bicyclic) bond motifs is 4. The van der Waals surface area contributed by atoms with Crippen LogP contribution < -0.4 is 4.90 Å². The van der Waals surface area contributed by atoms with Gasteiger partial charge in [-0.25, -0.2) is 0 Å². The van der Waals surface area contributed by atoms with Gasteiger partial charge in [0.25, 0.3) is 0 Å². The topological polar surface area (TPSA) is 3.24 Å². The van der Waals surface area contributed by atoms with Crippen molar-refractivity contribution in [1.82, 2.24) is 0 Å². The standard InChI is InChI=1S/C50H39N/c1-34-32-38(35-16-6-4-7-17-35)28-31-47(34)51(40-29-26-37(27-30-40)42-22-13-12-21-41(42)36-18-8-5-9-19-36)49-43-23-11-10-20-39(43)33-46-48(49)44-24-14-15-25-45(44)50(46,2)3/h4-33H,1-3H3/i1D3. The number of aryl methyl sites for hydroxylation is 1. The Labute approximate surface area is 305 Å². The lowest BCUT2D eigenvalue weighted by Gasteiger charge is -2.32. The minimum absolute atomic E-state index is 0.259. The second-order valence-corrected chi connectivity index (χ2v) is 13.9. The molecule has 8 aromatic carbocycles. The molecule has 0 saturated carbocycles. The number of anilines is 3. The molecule has 244 valence electrons. The Morgan fingerprint density at radius 3 is 1.75 bits per heavy atom. The molecule has 0 N–H and O–H groups in total. The minimum atomic E-state index is -2.39. The summed E-state index contributed by atoms with van der Waals surface area (Å²) < 4.78 is 26.8. The number of nitrogens with zero attached hydrogens (tertiary/aromatic N) is 1. The zero-order valence-electron chi connectivity index (χ0n) is 31.8. The maximum atomic E-state index is 8.95. The average molecular weight is 657 g/mol. The van der Waals surface area contributed by atoms with Crippen LogP contribution in [0.2, 0.25) is 0 Å². The van der Waals surface area contributed by atoms with E-state index in [2.05, 4.69) is 152 Å². The highest BCUT2D eigenvalue weighted by atomic mass is 15.1. The van der Waals surface area contributed by atoms with Crippen molar-refractivity contribution in [2.24, 2.45) is 0 Å². The molecular weight excluding hydrogens is 615 g/mol. The molecule has 1 nitrogen and oxygen atoms in total. The molecule has 8 aromatic rings. The van der Waals surface area contributed by atoms with Crippen LogP contribution in [0.15, 0.2) is 182 Å². The van der Waals surface area contributed by atoms with Gasteiger partial charge in [-0.2, -0.15) is 0 Å². The predicted molar refractivity (Wildman–Crippen MR) is 217 cm³/mol. The first kappa shape index (κ1) is 27.6. The molecule has 9 rings (SSSR count). The van der Waals surface area contributed by atoms with Gasteiger partial charge >= 0.3 is 0 Å². The Morgan fingerprint density at radius 2 is 1.04 bits per heavy atom. The summed E-state index contributed by atoms with van der Waals surface area (Å²) in [5.41, 5.74) is 13.7. The van der Waals surface area contributed by atoms with Gasteiger partial charge < -0.3 is 4.90 Å². The summed E-state index contributed by atoms with van der Waals surface area (Å²) >= 11 is 0. The Bertz CT molecular complexity index is 2660. The first-order valence-electron chi connectivity index (χ1n) is 19.1. The number of hydrogen-bond donors (Lipinski definition) is 0. The molecule has 1 aliphatic rings. The molecular formula is C50H39N. The highest BCUT2D eigenvalue weighted by Crippen LogP contribution is 2.57. The van der Waals surface area contributed by atoms with Crippen LogP contribution in [0, 0.1) is 6.85 Å². The first-order chi connectivity index (χ1) is 26.2. The van der Waals surface area contributed by atoms with E-state index in [9.17, 15) is 0 Å². The van der Waals surface area contributed by atoms with Gasteiger partial charge in [-0.1, -0.05) is 166 Å². The second-order valence-electron chi connectivity index (χ2n) is 13.9. The maximum Gasteiger partial charge on any atom is 0.0621 e. The summed E-state index contributed by atoms with van der Waals surface area (Å²) in [7, 11) is 0. The number of benzene rings is 8. The Morgan fingerprint density at radius 1 is 0.471 bits per heavy atom. The summed E-state index contributed by atoms with van der Waals surface area (Å²) in [6.45, 7) is 2.20. The van der Waals surface area contributed by atoms with Crippen molar-refractivity contribution >= 4 is 27.8 Å². The van der Waals surface area contributed by atoms with Crippen molar-refractivity contribution in [3.05, 3.63) is 199 Å². The molecule has 1 heteroatoms. The first-order valence-corrected chi connectivity index (χ1v) is 17.6. The second kappa shape index (κ2) is 12.3. The third-order valence-corrected chi connectivity index (χ3v) is 10.6. The van der Waals surface area contributed by atoms with Crippen molar-refractivity contribution in [1.29, 1.82) is 0 Å².